The molecule has 0 aromatic heterocycles. The Labute approximate surface area is 171 Å². The van der Waals surface area contributed by atoms with Gasteiger partial charge in [-0.25, -0.2) is 9.59 Å². The van der Waals surface area contributed by atoms with Crippen LogP contribution in [0.15, 0.2) is 53.4 Å². The number of carboxylic acid groups (broad SMARTS) is 2. The van der Waals surface area contributed by atoms with Gasteiger partial charge < -0.3 is 20.4 Å². The third-order valence-corrected chi connectivity index (χ3v) is 5.38. The number of carboxylic acids is 2. The summed E-state index contributed by atoms with van der Waals surface area (Å²) >= 11 is 7.77. The van der Waals surface area contributed by atoms with Crippen LogP contribution in [0.2, 0.25) is 5.02 Å². The van der Waals surface area contributed by atoms with Crippen LogP contribution in [-0.2, 0) is 14.4 Å². The number of anilines is 1. The van der Waals surface area contributed by atoms with E-state index in [2.05, 4.69) is 11.4 Å². The summed E-state index contributed by atoms with van der Waals surface area (Å²) in [5.41, 5.74) is 2.18. The molecule has 0 radical (unpaired) electrons. The van der Waals surface area contributed by atoms with Gasteiger partial charge in [-0.3, -0.25) is 4.79 Å². The number of amides is 1. The van der Waals surface area contributed by atoms with Crippen molar-refractivity contribution < 1.29 is 24.6 Å². The first-order valence-electron chi connectivity index (χ1n) is 8.25. The molecule has 9 heteroatoms. The fraction of sp³-hybridized carbons (Fsp3) is 0.211. The van der Waals surface area contributed by atoms with Crippen molar-refractivity contribution in [2.45, 2.75) is 10.1 Å². The molecular formula is C19H19ClN2O5S. The first kappa shape index (κ1) is 21.7. The molecule has 0 fully saturated rings. The number of halogens is 1. The highest BCUT2D eigenvalue weighted by Gasteiger charge is 2.29. The zero-order valence-corrected chi connectivity index (χ0v) is 16.5. The minimum atomic E-state index is -1.82. The maximum Gasteiger partial charge on any atom is 0.414 e. The van der Waals surface area contributed by atoms with Gasteiger partial charge in [-0.05, 0) is 36.9 Å². The summed E-state index contributed by atoms with van der Waals surface area (Å²) < 4.78 is 0. The largest absolute Gasteiger partial charge is 0.473 e. The molecule has 3 rings (SSSR count). The van der Waals surface area contributed by atoms with Crippen LogP contribution in [0.5, 0.6) is 0 Å². The molecule has 28 heavy (non-hydrogen) atoms. The van der Waals surface area contributed by atoms with Gasteiger partial charge in [-0.2, -0.15) is 0 Å². The second-order valence-corrected chi connectivity index (χ2v) is 7.45. The van der Waals surface area contributed by atoms with E-state index < -0.39 is 11.9 Å². The Morgan fingerprint density at radius 2 is 1.71 bits per heavy atom. The molecular weight excluding hydrogens is 404 g/mol. The molecule has 1 amide bonds. The van der Waals surface area contributed by atoms with E-state index in [9.17, 15) is 4.79 Å². The molecule has 148 valence electrons. The normalized spacial score (nSPS) is 15.1. The number of hydrogen-bond acceptors (Lipinski definition) is 5. The van der Waals surface area contributed by atoms with E-state index in [-0.39, 0.29) is 11.2 Å². The molecule has 1 unspecified atom stereocenters. The topological polar surface area (TPSA) is 107 Å². The maximum absolute atomic E-state index is 12.4. The van der Waals surface area contributed by atoms with Gasteiger partial charge in [0.1, 0.15) is 0 Å². The monoisotopic (exact) mass is 422 g/mol. The van der Waals surface area contributed by atoms with Crippen molar-refractivity contribution in [3.8, 4) is 0 Å². The lowest BCUT2D eigenvalue weighted by atomic mass is 10.1. The lowest BCUT2D eigenvalue weighted by Crippen LogP contribution is -2.41. The minimum Gasteiger partial charge on any atom is -0.473 e. The molecule has 2 aromatic carbocycles. The second kappa shape index (κ2) is 10.1. The first-order chi connectivity index (χ1) is 13.3. The predicted molar refractivity (Wildman–Crippen MR) is 108 cm³/mol. The van der Waals surface area contributed by atoms with Crippen LogP contribution in [0.3, 0.4) is 0 Å². The Morgan fingerprint density at radius 1 is 1.11 bits per heavy atom. The summed E-state index contributed by atoms with van der Waals surface area (Å²) in [6, 6.07) is 15.9. The summed E-state index contributed by atoms with van der Waals surface area (Å²) in [4.78, 5) is 33.6. The van der Waals surface area contributed by atoms with Crippen molar-refractivity contribution in [1.82, 2.24) is 5.32 Å². The number of thioether (sulfide) groups is 1. The van der Waals surface area contributed by atoms with Crippen molar-refractivity contribution in [3.05, 3.63) is 59.1 Å². The van der Waals surface area contributed by atoms with Crippen molar-refractivity contribution in [3.63, 3.8) is 0 Å². The molecule has 7 nitrogen and oxygen atoms in total. The van der Waals surface area contributed by atoms with Crippen LogP contribution >= 0.6 is 23.4 Å². The SMILES string of the molecule is CNCC(=O)N1CC(c2ccc(Cl)cc2)Sc2ccccc21.O=C(O)C(=O)O. The molecule has 0 spiro atoms. The number of hydrogen-bond donors (Lipinski definition) is 3. The average molecular weight is 423 g/mol. The van der Waals surface area contributed by atoms with Crippen LogP contribution in [0.25, 0.3) is 0 Å². The molecule has 0 saturated heterocycles. The van der Waals surface area contributed by atoms with Gasteiger partial charge in [0.15, 0.2) is 0 Å². The summed E-state index contributed by atoms with van der Waals surface area (Å²) in [6.45, 7) is 1.01. The highest BCUT2D eigenvalue weighted by Crippen LogP contribution is 2.45. The Morgan fingerprint density at radius 3 is 2.29 bits per heavy atom. The second-order valence-electron chi connectivity index (χ2n) is 5.77. The van der Waals surface area contributed by atoms with Crippen LogP contribution in [-0.4, -0.2) is 48.2 Å². The van der Waals surface area contributed by atoms with Gasteiger partial charge in [0.25, 0.3) is 0 Å². The number of fused-ring (bicyclic) bond motifs is 1. The third-order valence-electron chi connectivity index (χ3n) is 3.83. The van der Waals surface area contributed by atoms with E-state index in [1.54, 1.807) is 18.8 Å². The smallest absolute Gasteiger partial charge is 0.414 e. The Balaban J connectivity index is 0.000000409. The average Bonchev–Trinajstić information content (AvgIpc) is 2.68. The summed E-state index contributed by atoms with van der Waals surface area (Å²) in [5.74, 6) is -3.56. The van der Waals surface area contributed by atoms with Crippen molar-refractivity contribution in [1.29, 1.82) is 0 Å². The van der Waals surface area contributed by atoms with Crippen molar-refractivity contribution in [2.75, 3.05) is 25.0 Å². The summed E-state index contributed by atoms with van der Waals surface area (Å²) in [6.07, 6.45) is 0. The number of nitrogens with one attached hydrogen (secondary N) is 1. The fourth-order valence-electron chi connectivity index (χ4n) is 2.57. The van der Waals surface area contributed by atoms with Crippen LogP contribution in [0, 0.1) is 0 Å². The predicted octanol–water partition coefficient (Wildman–Crippen LogP) is 2.90. The number of rotatable bonds is 3. The van der Waals surface area contributed by atoms with Gasteiger partial charge in [0.05, 0.1) is 17.5 Å². The zero-order valence-electron chi connectivity index (χ0n) is 15.0. The van der Waals surface area contributed by atoms with Gasteiger partial charge >= 0.3 is 11.9 Å². The Bertz CT molecular complexity index is 848. The maximum atomic E-state index is 12.4. The number of carbonyl (C=O) groups is 3. The summed E-state index contributed by atoms with van der Waals surface area (Å²) in [7, 11) is 1.79. The van der Waals surface area contributed by atoms with E-state index in [1.807, 2.05) is 47.4 Å². The number of aliphatic carboxylic acids is 2. The van der Waals surface area contributed by atoms with Gasteiger partial charge in [0.2, 0.25) is 5.91 Å². The van der Waals surface area contributed by atoms with Crippen molar-refractivity contribution >= 4 is 46.9 Å². The van der Waals surface area contributed by atoms with E-state index in [4.69, 9.17) is 31.4 Å². The number of carbonyl (C=O) groups excluding carboxylic acids is 1. The van der Waals surface area contributed by atoms with Gasteiger partial charge in [-0.1, -0.05) is 35.9 Å². The fourth-order valence-corrected chi connectivity index (χ4v) is 3.97. The number of benzene rings is 2. The van der Waals surface area contributed by atoms with E-state index in [1.165, 1.54) is 5.56 Å². The molecule has 1 aliphatic heterocycles. The summed E-state index contributed by atoms with van der Waals surface area (Å²) in [5, 5.41) is 18.7. The Hall–Kier alpha value is -2.55. The van der Waals surface area contributed by atoms with E-state index in [0.717, 1.165) is 15.6 Å². The van der Waals surface area contributed by atoms with E-state index >= 15 is 0 Å². The van der Waals surface area contributed by atoms with Crippen LogP contribution in [0.4, 0.5) is 5.69 Å². The van der Waals surface area contributed by atoms with Gasteiger partial charge in [0, 0.05) is 16.5 Å². The third kappa shape index (κ3) is 5.72. The van der Waals surface area contributed by atoms with Crippen molar-refractivity contribution in [2.24, 2.45) is 0 Å². The molecule has 1 heterocycles. The van der Waals surface area contributed by atoms with Crippen LogP contribution in [0.1, 0.15) is 10.8 Å². The number of nitrogens with zero attached hydrogens (tertiary/aromatic N) is 1. The first-order valence-corrected chi connectivity index (χ1v) is 9.51. The minimum absolute atomic E-state index is 0.0919. The molecule has 3 N–H and O–H groups in total. The number of likely N-dealkylation sites (N-methyl/N-ethyl adjacent to an activating group) is 1. The highest BCUT2D eigenvalue weighted by molar-refractivity contribution is 7.99. The van der Waals surface area contributed by atoms with Crippen LogP contribution < -0.4 is 10.2 Å². The standard InChI is InChI=1S/C17H17ClN2OS.C2H2O4/c1-19-10-17(21)20-11-16(12-6-8-13(18)9-7-12)22-15-5-3-2-4-14(15)20;3-1(4)2(5)6/h2-9,16,19H,10-11H2,1H3;(H,3,4)(H,5,6). The quantitative estimate of drug-likeness (QED) is 0.653. The lowest BCUT2D eigenvalue weighted by molar-refractivity contribution is -0.159. The number of para-hydroxylation sites is 1. The molecule has 0 aliphatic carbocycles. The highest BCUT2D eigenvalue weighted by atomic mass is 35.5. The molecule has 0 saturated carbocycles. The van der Waals surface area contributed by atoms with Gasteiger partial charge in [-0.15, -0.1) is 11.8 Å². The Kier molecular flexibility index (Phi) is 7.86. The lowest BCUT2D eigenvalue weighted by Gasteiger charge is -2.34. The molecule has 1 atom stereocenters. The van der Waals surface area contributed by atoms with E-state index in [0.29, 0.717) is 13.1 Å². The molecule has 1 aliphatic rings. The zero-order chi connectivity index (χ0) is 20.7. The molecule has 2 aromatic rings. The molecule has 0 bridgehead atoms.